The Bertz CT molecular complexity index is 929. The number of benzene rings is 1. The van der Waals surface area contributed by atoms with Gasteiger partial charge in [-0.2, -0.15) is 0 Å². The minimum atomic E-state index is -2.98. The van der Waals surface area contributed by atoms with Crippen molar-refractivity contribution in [3.8, 4) is 11.5 Å². The highest BCUT2D eigenvalue weighted by molar-refractivity contribution is 7.90. The highest BCUT2D eigenvalue weighted by atomic mass is 32.2. The van der Waals surface area contributed by atoms with E-state index in [1.807, 2.05) is 38.1 Å². The van der Waals surface area contributed by atoms with Gasteiger partial charge in [0.1, 0.15) is 21.8 Å². The zero-order valence-electron chi connectivity index (χ0n) is 16.7. The first kappa shape index (κ1) is 20.4. The Morgan fingerprint density at radius 1 is 1.25 bits per heavy atom. The Hall–Kier alpha value is -2.35. The van der Waals surface area contributed by atoms with Crippen molar-refractivity contribution in [2.45, 2.75) is 33.2 Å². The lowest BCUT2D eigenvalue weighted by molar-refractivity contribution is 0.529. The number of hydrogen-bond acceptors (Lipinski definition) is 5. The summed E-state index contributed by atoms with van der Waals surface area (Å²) < 4.78 is 28.8. The standard InChI is InChI=1S/C20H28N4O3S/c1-4-21-19(23-13-20(9-10-20)14-28(3,25)26)22-11-17-12-27-18(24-17)16-7-5-15(2)6-8-16/h5-8,12H,4,9-11,13-14H2,1-3H3,(H2,21,22,23). The topological polar surface area (TPSA) is 96.6 Å². The van der Waals surface area contributed by atoms with Gasteiger partial charge in [-0.15, -0.1) is 0 Å². The Morgan fingerprint density at radius 3 is 2.57 bits per heavy atom. The lowest BCUT2D eigenvalue weighted by Crippen LogP contribution is -2.41. The van der Waals surface area contributed by atoms with E-state index in [1.165, 1.54) is 11.8 Å². The molecule has 8 heteroatoms. The van der Waals surface area contributed by atoms with Crippen LogP contribution in [0.4, 0.5) is 0 Å². The molecule has 0 aliphatic heterocycles. The van der Waals surface area contributed by atoms with E-state index in [9.17, 15) is 8.42 Å². The molecule has 0 atom stereocenters. The fourth-order valence-corrected chi connectivity index (χ4v) is 4.59. The number of nitrogens with one attached hydrogen (secondary N) is 2. The molecule has 0 radical (unpaired) electrons. The summed E-state index contributed by atoms with van der Waals surface area (Å²) in [5.41, 5.74) is 2.70. The van der Waals surface area contributed by atoms with Crippen LogP contribution in [-0.2, 0) is 16.4 Å². The second-order valence-electron chi connectivity index (χ2n) is 7.63. The maximum Gasteiger partial charge on any atom is 0.226 e. The van der Waals surface area contributed by atoms with Crippen molar-refractivity contribution in [1.29, 1.82) is 0 Å². The van der Waals surface area contributed by atoms with Crippen LogP contribution in [0.5, 0.6) is 0 Å². The highest BCUT2D eigenvalue weighted by Gasteiger charge is 2.45. The third-order valence-corrected chi connectivity index (χ3v) is 5.89. The highest BCUT2D eigenvalue weighted by Crippen LogP contribution is 2.45. The summed E-state index contributed by atoms with van der Waals surface area (Å²) in [6.45, 7) is 5.73. The van der Waals surface area contributed by atoms with E-state index in [4.69, 9.17) is 4.42 Å². The van der Waals surface area contributed by atoms with Crippen LogP contribution < -0.4 is 10.6 Å². The van der Waals surface area contributed by atoms with Gasteiger partial charge in [0.2, 0.25) is 5.89 Å². The van der Waals surface area contributed by atoms with E-state index in [2.05, 4.69) is 20.6 Å². The summed E-state index contributed by atoms with van der Waals surface area (Å²) in [5.74, 6) is 1.45. The van der Waals surface area contributed by atoms with E-state index in [1.54, 1.807) is 6.26 Å². The van der Waals surface area contributed by atoms with E-state index in [-0.39, 0.29) is 11.2 Å². The maximum atomic E-state index is 11.6. The Balaban J connectivity index is 1.61. The molecule has 1 aliphatic rings. The number of oxazole rings is 1. The number of aromatic nitrogens is 1. The molecule has 0 bridgehead atoms. The quantitative estimate of drug-likeness (QED) is 0.518. The van der Waals surface area contributed by atoms with Gasteiger partial charge in [0, 0.05) is 30.3 Å². The lowest BCUT2D eigenvalue weighted by Gasteiger charge is -2.17. The fourth-order valence-electron chi connectivity index (χ4n) is 3.09. The van der Waals surface area contributed by atoms with Crippen LogP contribution in [-0.4, -0.2) is 44.5 Å². The minimum Gasteiger partial charge on any atom is -0.444 e. The SMILES string of the molecule is CCNC(=NCc1coc(-c2ccc(C)cc2)n1)NCC1(CS(C)(=O)=O)CC1. The number of guanidine groups is 1. The van der Waals surface area contributed by atoms with Gasteiger partial charge in [-0.1, -0.05) is 17.7 Å². The van der Waals surface area contributed by atoms with Crippen molar-refractivity contribution >= 4 is 15.8 Å². The van der Waals surface area contributed by atoms with Crippen molar-refractivity contribution in [3.05, 3.63) is 41.8 Å². The molecule has 28 heavy (non-hydrogen) atoms. The van der Waals surface area contributed by atoms with Crippen molar-refractivity contribution in [2.75, 3.05) is 25.1 Å². The number of aliphatic imine (C=N–C) groups is 1. The van der Waals surface area contributed by atoms with E-state index in [0.29, 0.717) is 24.9 Å². The number of rotatable bonds is 8. The van der Waals surface area contributed by atoms with Crippen LogP contribution in [0.15, 0.2) is 39.9 Å². The van der Waals surface area contributed by atoms with Crippen LogP contribution in [0.25, 0.3) is 11.5 Å². The zero-order valence-corrected chi connectivity index (χ0v) is 17.5. The first-order valence-electron chi connectivity index (χ1n) is 9.50. The molecule has 0 amide bonds. The van der Waals surface area contributed by atoms with Crippen LogP contribution >= 0.6 is 0 Å². The molecule has 152 valence electrons. The predicted octanol–water partition coefficient (Wildman–Crippen LogP) is 2.53. The average molecular weight is 405 g/mol. The molecule has 2 aromatic rings. The van der Waals surface area contributed by atoms with E-state index >= 15 is 0 Å². The number of nitrogens with zero attached hydrogens (tertiary/aromatic N) is 2. The summed E-state index contributed by atoms with van der Waals surface area (Å²) in [7, 11) is -2.98. The van der Waals surface area contributed by atoms with Gasteiger partial charge in [0.15, 0.2) is 5.96 Å². The summed E-state index contributed by atoms with van der Waals surface area (Å²) in [5, 5.41) is 6.47. The van der Waals surface area contributed by atoms with Crippen molar-refractivity contribution in [2.24, 2.45) is 10.4 Å². The smallest absolute Gasteiger partial charge is 0.226 e. The van der Waals surface area contributed by atoms with Crippen LogP contribution in [0, 0.1) is 12.3 Å². The van der Waals surface area contributed by atoms with E-state index in [0.717, 1.165) is 30.6 Å². The number of sulfone groups is 1. The number of aryl methyl sites for hydroxylation is 1. The third-order valence-electron chi connectivity index (χ3n) is 4.75. The molecule has 1 aromatic carbocycles. The second kappa shape index (κ2) is 8.34. The Labute approximate surface area is 166 Å². The molecular formula is C20H28N4O3S. The largest absolute Gasteiger partial charge is 0.444 e. The normalized spacial score (nSPS) is 16.0. The zero-order chi connectivity index (χ0) is 20.2. The molecule has 1 heterocycles. The summed E-state index contributed by atoms with van der Waals surface area (Å²) >= 11 is 0. The average Bonchev–Trinajstić information content (AvgIpc) is 3.21. The van der Waals surface area contributed by atoms with Gasteiger partial charge in [-0.25, -0.2) is 18.4 Å². The molecule has 7 nitrogen and oxygen atoms in total. The van der Waals surface area contributed by atoms with E-state index < -0.39 is 9.84 Å². The molecule has 0 spiro atoms. The molecule has 0 unspecified atom stereocenters. The predicted molar refractivity (Wildman–Crippen MR) is 111 cm³/mol. The second-order valence-corrected chi connectivity index (χ2v) is 9.77. The summed E-state index contributed by atoms with van der Waals surface area (Å²) in [6.07, 6.45) is 4.77. The van der Waals surface area contributed by atoms with Crippen LogP contribution in [0.2, 0.25) is 0 Å². The van der Waals surface area contributed by atoms with Gasteiger partial charge < -0.3 is 15.1 Å². The Morgan fingerprint density at radius 2 is 1.96 bits per heavy atom. The Kier molecular flexibility index (Phi) is 6.07. The van der Waals surface area contributed by atoms with Gasteiger partial charge >= 0.3 is 0 Å². The van der Waals surface area contributed by atoms with Gasteiger partial charge in [-0.3, -0.25) is 0 Å². The van der Waals surface area contributed by atoms with Gasteiger partial charge in [-0.05, 0) is 38.8 Å². The van der Waals surface area contributed by atoms with Crippen molar-refractivity contribution in [3.63, 3.8) is 0 Å². The van der Waals surface area contributed by atoms with Crippen LogP contribution in [0.3, 0.4) is 0 Å². The van der Waals surface area contributed by atoms with Crippen molar-refractivity contribution in [1.82, 2.24) is 15.6 Å². The van der Waals surface area contributed by atoms with Gasteiger partial charge in [0.25, 0.3) is 0 Å². The minimum absolute atomic E-state index is 0.156. The first-order valence-corrected chi connectivity index (χ1v) is 11.6. The summed E-state index contributed by atoms with van der Waals surface area (Å²) in [6, 6.07) is 8.01. The molecule has 1 fully saturated rings. The summed E-state index contributed by atoms with van der Waals surface area (Å²) in [4.78, 5) is 9.06. The fraction of sp³-hybridized carbons (Fsp3) is 0.500. The molecule has 1 saturated carbocycles. The maximum absolute atomic E-state index is 11.6. The monoisotopic (exact) mass is 404 g/mol. The molecule has 0 saturated heterocycles. The molecule has 3 rings (SSSR count). The molecular weight excluding hydrogens is 376 g/mol. The number of hydrogen-bond donors (Lipinski definition) is 2. The molecule has 1 aliphatic carbocycles. The molecule has 1 aromatic heterocycles. The van der Waals surface area contributed by atoms with Gasteiger partial charge in [0.05, 0.1) is 12.3 Å². The lowest BCUT2D eigenvalue weighted by atomic mass is 10.1. The molecule has 2 N–H and O–H groups in total. The third kappa shape index (κ3) is 5.82. The van der Waals surface area contributed by atoms with Crippen LogP contribution in [0.1, 0.15) is 31.0 Å². The van der Waals surface area contributed by atoms with Crippen molar-refractivity contribution < 1.29 is 12.8 Å². The first-order chi connectivity index (χ1) is 13.3.